The minimum absolute atomic E-state index is 0.370. The van der Waals surface area contributed by atoms with Crippen LogP contribution in [0.4, 0.5) is 0 Å². The van der Waals surface area contributed by atoms with Gasteiger partial charge < -0.3 is 5.32 Å². The summed E-state index contributed by atoms with van der Waals surface area (Å²) < 4.78 is 0. The lowest BCUT2D eigenvalue weighted by Gasteiger charge is -2.30. The van der Waals surface area contributed by atoms with Crippen LogP contribution in [0.25, 0.3) is 0 Å². The minimum atomic E-state index is 0.370. The zero-order chi connectivity index (χ0) is 12.1. The number of hydrogen-bond acceptors (Lipinski definition) is 2. The van der Waals surface area contributed by atoms with Gasteiger partial charge in [-0.3, -0.25) is 4.79 Å². The Morgan fingerprint density at radius 3 is 2.44 bits per heavy atom. The maximum Gasteiger partial charge on any atom is 0.161 e. The monoisotopic (exact) mass is 245 g/mol. The van der Waals surface area contributed by atoms with E-state index < -0.39 is 0 Å². The number of rotatable bonds is 2. The maximum absolute atomic E-state index is 12.2. The van der Waals surface area contributed by atoms with Crippen molar-refractivity contribution in [3.63, 3.8) is 0 Å². The average Bonchev–Trinajstić information content (AvgIpc) is 3.05. The highest BCUT2D eigenvalue weighted by Crippen LogP contribution is 2.57. The fraction of sp³-hybridized carbons (Fsp3) is 0.812. The number of carbonyl (C=O) groups excluding carboxylic acids is 1. The van der Waals surface area contributed by atoms with Gasteiger partial charge in [-0.25, -0.2) is 0 Å². The van der Waals surface area contributed by atoms with Gasteiger partial charge in [0, 0.05) is 29.7 Å². The van der Waals surface area contributed by atoms with Crippen molar-refractivity contribution in [2.45, 2.75) is 57.4 Å². The number of nitrogens with one attached hydrogen (secondary N) is 1. The lowest BCUT2D eigenvalue weighted by Crippen LogP contribution is -2.35. The van der Waals surface area contributed by atoms with Crippen LogP contribution in [-0.2, 0) is 4.79 Å². The van der Waals surface area contributed by atoms with E-state index in [1.54, 1.807) is 0 Å². The highest BCUT2D eigenvalue weighted by molar-refractivity contribution is 5.96. The van der Waals surface area contributed by atoms with Crippen molar-refractivity contribution in [1.29, 1.82) is 0 Å². The Labute approximate surface area is 109 Å². The first kappa shape index (κ1) is 11.1. The normalized spacial score (nSPS) is 43.1. The summed E-state index contributed by atoms with van der Waals surface area (Å²) >= 11 is 0. The predicted molar refractivity (Wildman–Crippen MR) is 70.9 cm³/mol. The number of fused-ring (bicyclic) bond motifs is 5. The van der Waals surface area contributed by atoms with Crippen LogP contribution < -0.4 is 5.32 Å². The molecule has 4 aliphatic rings. The van der Waals surface area contributed by atoms with Crippen molar-refractivity contribution >= 4 is 5.78 Å². The molecular formula is C16H23NO. The summed E-state index contributed by atoms with van der Waals surface area (Å²) in [5.41, 5.74) is 1.32. The van der Waals surface area contributed by atoms with Crippen molar-refractivity contribution in [2.24, 2.45) is 23.7 Å². The molecule has 2 nitrogen and oxygen atoms in total. The molecule has 4 rings (SSSR count). The van der Waals surface area contributed by atoms with E-state index in [9.17, 15) is 4.79 Å². The summed E-state index contributed by atoms with van der Waals surface area (Å²) in [6.07, 6.45) is 12.7. The van der Waals surface area contributed by atoms with Crippen LogP contribution in [0.2, 0.25) is 0 Å². The van der Waals surface area contributed by atoms with Gasteiger partial charge >= 0.3 is 0 Å². The van der Waals surface area contributed by atoms with Crippen molar-refractivity contribution in [3.05, 3.63) is 11.8 Å². The topological polar surface area (TPSA) is 29.1 Å². The third kappa shape index (κ3) is 1.57. The van der Waals surface area contributed by atoms with Crippen molar-refractivity contribution in [1.82, 2.24) is 5.32 Å². The average molecular weight is 245 g/mol. The Kier molecular flexibility index (Phi) is 2.53. The third-order valence-corrected chi connectivity index (χ3v) is 5.88. The van der Waals surface area contributed by atoms with E-state index in [4.69, 9.17) is 0 Å². The van der Waals surface area contributed by atoms with Crippen molar-refractivity contribution in [2.75, 3.05) is 0 Å². The molecule has 0 aromatic rings. The molecular weight excluding hydrogens is 222 g/mol. The van der Waals surface area contributed by atoms with E-state index >= 15 is 0 Å². The second-order valence-electron chi connectivity index (χ2n) is 6.87. The Balaban J connectivity index is 1.51. The summed E-state index contributed by atoms with van der Waals surface area (Å²) in [5, 5.41) is 3.74. The van der Waals surface area contributed by atoms with Crippen molar-refractivity contribution < 1.29 is 4.79 Å². The number of carbonyl (C=O) groups is 1. The Morgan fingerprint density at radius 1 is 0.944 bits per heavy atom. The lowest BCUT2D eigenvalue weighted by molar-refractivity contribution is -0.119. The molecule has 0 saturated heterocycles. The molecule has 0 spiro atoms. The van der Waals surface area contributed by atoms with Crippen molar-refractivity contribution in [3.8, 4) is 0 Å². The first-order chi connectivity index (χ1) is 8.83. The van der Waals surface area contributed by atoms with Crippen LogP contribution >= 0.6 is 0 Å². The molecule has 18 heavy (non-hydrogen) atoms. The molecule has 0 radical (unpaired) electrons. The summed E-state index contributed by atoms with van der Waals surface area (Å²) in [4.78, 5) is 12.2. The Morgan fingerprint density at radius 2 is 1.67 bits per heavy atom. The molecule has 0 aromatic heterocycles. The molecule has 0 unspecified atom stereocenters. The molecule has 2 bridgehead atoms. The standard InChI is InChI=1S/C16H23NO/c18-14-9-13(17-12-4-2-1-3-5-12)15-10-6-7-11(8-10)16(14)15/h9-12,15-17H,1-8H2/t10-,11+,15+,16-/m0/s1. The zero-order valence-corrected chi connectivity index (χ0v) is 11.0. The molecule has 98 valence electrons. The predicted octanol–water partition coefficient (Wildman–Crippen LogP) is 3.04. The highest BCUT2D eigenvalue weighted by atomic mass is 16.1. The smallest absolute Gasteiger partial charge is 0.161 e. The lowest BCUT2D eigenvalue weighted by atomic mass is 9.79. The molecule has 3 fully saturated rings. The van der Waals surface area contributed by atoms with Gasteiger partial charge in [-0.2, -0.15) is 0 Å². The summed E-state index contributed by atoms with van der Waals surface area (Å²) in [6.45, 7) is 0. The van der Waals surface area contributed by atoms with E-state index in [0.29, 0.717) is 23.7 Å². The third-order valence-electron chi connectivity index (χ3n) is 5.88. The summed E-state index contributed by atoms with van der Waals surface area (Å²) in [7, 11) is 0. The second-order valence-corrected chi connectivity index (χ2v) is 6.87. The van der Waals surface area contributed by atoms with Gasteiger partial charge in [-0.05, 0) is 43.9 Å². The first-order valence-corrected chi connectivity index (χ1v) is 7.85. The second kappa shape index (κ2) is 4.11. The molecule has 1 N–H and O–H groups in total. The number of ketones is 1. The first-order valence-electron chi connectivity index (χ1n) is 7.85. The van der Waals surface area contributed by atoms with E-state index in [0.717, 1.165) is 11.8 Å². The SMILES string of the molecule is O=C1C=C(NC2CCCCC2)[C@H]2[C@H]3CC[C@H](C3)[C@@H]12. The van der Waals surface area contributed by atoms with Crippen LogP contribution in [0.3, 0.4) is 0 Å². The van der Waals surface area contributed by atoms with Gasteiger partial charge in [0.05, 0.1) is 0 Å². The molecule has 0 amide bonds. The van der Waals surface area contributed by atoms with E-state index in [-0.39, 0.29) is 0 Å². The van der Waals surface area contributed by atoms with Gasteiger partial charge in [0.1, 0.15) is 0 Å². The molecule has 3 saturated carbocycles. The van der Waals surface area contributed by atoms with E-state index in [1.165, 1.54) is 57.1 Å². The fourth-order valence-corrected chi connectivity index (χ4v) is 5.11. The Bertz CT molecular complexity index is 394. The molecule has 0 aromatic carbocycles. The molecule has 0 aliphatic heterocycles. The molecule has 4 atom stereocenters. The molecule has 4 aliphatic carbocycles. The van der Waals surface area contributed by atoms with Gasteiger partial charge in [-0.1, -0.05) is 19.3 Å². The number of allylic oxidation sites excluding steroid dienone is 2. The van der Waals surface area contributed by atoms with E-state index in [2.05, 4.69) is 5.32 Å². The number of hydrogen-bond donors (Lipinski definition) is 1. The Hall–Kier alpha value is -0.790. The largest absolute Gasteiger partial charge is 0.385 e. The quantitative estimate of drug-likeness (QED) is 0.810. The van der Waals surface area contributed by atoms with Crippen LogP contribution in [0, 0.1) is 23.7 Å². The molecule has 2 heteroatoms. The van der Waals surface area contributed by atoms with E-state index in [1.807, 2.05) is 6.08 Å². The van der Waals surface area contributed by atoms with Gasteiger partial charge in [0.2, 0.25) is 0 Å². The van der Waals surface area contributed by atoms with Gasteiger partial charge in [0.25, 0.3) is 0 Å². The zero-order valence-electron chi connectivity index (χ0n) is 11.0. The maximum atomic E-state index is 12.2. The highest BCUT2D eigenvalue weighted by Gasteiger charge is 2.54. The molecule has 0 heterocycles. The summed E-state index contributed by atoms with van der Waals surface area (Å²) in [5.74, 6) is 2.92. The van der Waals surface area contributed by atoms with Gasteiger partial charge in [0.15, 0.2) is 5.78 Å². The minimum Gasteiger partial charge on any atom is -0.385 e. The fourth-order valence-electron chi connectivity index (χ4n) is 5.11. The van der Waals surface area contributed by atoms with Crippen LogP contribution in [-0.4, -0.2) is 11.8 Å². The van der Waals surface area contributed by atoms with Crippen LogP contribution in [0.1, 0.15) is 51.4 Å². The van der Waals surface area contributed by atoms with Crippen LogP contribution in [0.5, 0.6) is 0 Å². The van der Waals surface area contributed by atoms with Crippen LogP contribution in [0.15, 0.2) is 11.8 Å². The summed E-state index contributed by atoms with van der Waals surface area (Å²) in [6, 6.07) is 0.649. The van der Waals surface area contributed by atoms with Gasteiger partial charge in [-0.15, -0.1) is 0 Å².